The van der Waals surface area contributed by atoms with Gasteiger partial charge in [0.05, 0.1) is 18.3 Å². The summed E-state index contributed by atoms with van der Waals surface area (Å²) in [6.07, 6.45) is 4.90. The summed E-state index contributed by atoms with van der Waals surface area (Å²) in [6, 6.07) is 9.94. The van der Waals surface area contributed by atoms with Gasteiger partial charge in [-0.15, -0.1) is 0 Å². The highest BCUT2D eigenvalue weighted by molar-refractivity contribution is 5.84. The Morgan fingerprint density at radius 2 is 1.97 bits per heavy atom. The molecule has 1 atom stereocenters. The third-order valence-corrected chi connectivity index (χ3v) is 6.30. The molecule has 1 aliphatic rings. The molecule has 174 valence electrons. The second-order valence-corrected chi connectivity index (χ2v) is 8.95. The second-order valence-electron chi connectivity index (χ2n) is 8.95. The summed E-state index contributed by atoms with van der Waals surface area (Å²) in [5.74, 6) is 1.55. The lowest BCUT2D eigenvalue weighted by atomic mass is 10.1. The number of anilines is 1. The molecule has 1 N–H and O–H groups in total. The van der Waals surface area contributed by atoms with E-state index >= 15 is 0 Å². The normalized spacial score (nSPS) is 15.8. The van der Waals surface area contributed by atoms with Crippen LogP contribution in [0.25, 0.3) is 10.9 Å². The van der Waals surface area contributed by atoms with E-state index in [-0.39, 0.29) is 17.9 Å². The monoisotopic (exact) mass is 448 g/mol. The number of hydrogen-bond acceptors (Lipinski definition) is 5. The van der Waals surface area contributed by atoms with Gasteiger partial charge in [-0.3, -0.25) is 9.59 Å². The second kappa shape index (κ2) is 9.60. The predicted molar refractivity (Wildman–Crippen MR) is 129 cm³/mol. The number of fused-ring (bicyclic) bond motifs is 1. The summed E-state index contributed by atoms with van der Waals surface area (Å²) >= 11 is 0. The Bertz CT molecular complexity index is 1150. The molecule has 33 heavy (non-hydrogen) atoms. The van der Waals surface area contributed by atoms with E-state index in [4.69, 9.17) is 9.97 Å². The fourth-order valence-corrected chi connectivity index (χ4v) is 4.48. The van der Waals surface area contributed by atoms with Crippen LogP contribution < -0.4 is 4.90 Å². The van der Waals surface area contributed by atoms with Crippen molar-refractivity contribution in [2.45, 2.75) is 45.2 Å². The number of aromatic nitrogens is 3. The molecule has 1 fully saturated rings. The Morgan fingerprint density at radius 1 is 1.18 bits per heavy atom. The van der Waals surface area contributed by atoms with E-state index in [2.05, 4.69) is 11.1 Å². The fourth-order valence-electron chi connectivity index (χ4n) is 4.48. The van der Waals surface area contributed by atoms with Crippen LogP contribution in [0.1, 0.15) is 49.3 Å². The number of hydrogen-bond donors (Lipinski definition) is 1. The first-order valence-corrected chi connectivity index (χ1v) is 11.4. The zero-order valence-corrected chi connectivity index (χ0v) is 19.8. The minimum Gasteiger partial charge on any atom is -0.363 e. The molecule has 0 radical (unpaired) electrons. The Balaban J connectivity index is 1.47. The van der Waals surface area contributed by atoms with Crippen LogP contribution >= 0.6 is 0 Å². The number of aromatic amines is 1. The molecule has 2 amide bonds. The number of aryl methyl sites for hydroxylation is 1. The van der Waals surface area contributed by atoms with E-state index in [0.29, 0.717) is 25.2 Å². The van der Waals surface area contributed by atoms with Gasteiger partial charge in [0, 0.05) is 64.2 Å². The van der Waals surface area contributed by atoms with Gasteiger partial charge in [-0.1, -0.05) is 18.2 Å². The number of rotatable bonds is 7. The lowest BCUT2D eigenvalue weighted by Gasteiger charge is -2.24. The van der Waals surface area contributed by atoms with Crippen molar-refractivity contribution in [2.75, 3.05) is 32.6 Å². The molecular formula is C25H32N6O2. The first-order valence-electron chi connectivity index (χ1n) is 11.4. The lowest BCUT2D eigenvalue weighted by molar-refractivity contribution is -0.130. The van der Waals surface area contributed by atoms with Crippen LogP contribution in [0.4, 0.5) is 5.82 Å². The SMILES string of the molecule is CC(=O)N1CCC[C@H]1c1nc(CN(C)C(=O)CCc2c[nH]c3ccccc23)cc(N(C)C)n1. The highest BCUT2D eigenvalue weighted by Gasteiger charge is 2.31. The van der Waals surface area contributed by atoms with E-state index in [0.717, 1.165) is 47.4 Å². The van der Waals surface area contributed by atoms with Gasteiger partial charge in [0.1, 0.15) is 5.82 Å². The van der Waals surface area contributed by atoms with Crippen LogP contribution in [0.5, 0.6) is 0 Å². The molecule has 1 saturated heterocycles. The minimum atomic E-state index is -0.107. The van der Waals surface area contributed by atoms with Crippen LogP contribution in [0.15, 0.2) is 36.5 Å². The van der Waals surface area contributed by atoms with Gasteiger partial charge in [0.2, 0.25) is 11.8 Å². The largest absolute Gasteiger partial charge is 0.363 e. The number of likely N-dealkylation sites (tertiary alicyclic amines) is 1. The van der Waals surface area contributed by atoms with Crippen molar-refractivity contribution in [3.63, 3.8) is 0 Å². The van der Waals surface area contributed by atoms with Crippen molar-refractivity contribution in [3.8, 4) is 0 Å². The highest BCUT2D eigenvalue weighted by Crippen LogP contribution is 2.31. The number of benzene rings is 1. The standard InChI is InChI=1S/C25H32N6O2/c1-17(32)31-13-7-10-22(31)25-27-19(14-23(28-25)29(2)3)16-30(4)24(33)12-11-18-15-26-21-9-6-5-8-20(18)21/h5-6,8-9,14-15,22,26H,7,10-13,16H2,1-4H3/t22-/m0/s1. The average Bonchev–Trinajstić information content (AvgIpc) is 3.44. The van der Waals surface area contributed by atoms with Gasteiger partial charge >= 0.3 is 0 Å². The molecule has 0 bridgehead atoms. The third kappa shape index (κ3) is 4.99. The summed E-state index contributed by atoms with van der Waals surface area (Å²) in [6.45, 7) is 2.72. The van der Waals surface area contributed by atoms with Crippen molar-refractivity contribution in [1.29, 1.82) is 0 Å². The fraction of sp³-hybridized carbons (Fsp3) is 0.440. The van der Waals surface area contributed by atoms with E-state index in [1.165, 1.54) is 0 Å². The van der Waals surface area contributed by atoms with Gasteiger partial charge in [0.15, 0.2) is 5.82 Å². The molecule has 8 heteroatoms. The van der Waals surface area contributed by atoms with Crippen molar-refractivity contribution in [3.05, 3.63) is 53.6 Å². The average molecular weight is 449 g/mol. The Labute approximate surface area is 194 Å². The van der Waals surface area contributed by atoms with E-state index in [1.54, 1.807) is 11.8 Å². The number of amides is 2. The molecule has 0 spiro atoms. The number of carbonyl (C=O) groups excluding carboxylic acids is 2. The zero-order chi connectivity index (χ0) is 23.5. The molecule has 1 aromatic carbocycles. The lowest BCUT2D eigenvalue weighted by Crippen LogP contribution is -2.31. The summed E-state index contributed by atoms with van der Waals surface area (Å²) in [5.41, 5.74) is 3.02. The first kappa shape index (κ1) is 22.8. The van der Waals surface area contributed by atoms with Crippen molar-refractivity contribution < 1.29 is 9.59 Å². The number of carbonyl (C=O) groups is 2. The van der Waals surface area contributed by atoms with Crippen molar-refractivity contribution in [1.82, 2.24) is 24.8 Å². The van der Waals surface area contributed by atoms with Gasteiger partial charge in [-0.25, -0.2) is 9.97 Å². The van der Waals surface area contributed by atoms with Crippen LogP contribution in [0.3, 0.4) is 0 Å². The highest BCUT2D eigenvalue weighted by atomic mass is 16.2. The van der Waals surface area contributed by atoms with E-state index in [1.807, 2.05) is 61.4 Å². The molecule has 1 aliphatic heterocycles. The van der Waals surface area contributed by atoms with Gasteiger partial charge in [0.25, 0.3) is 0 Å². The van der Waals surface area contributed by atoms with Crippen molar-refractivity contribution in [2.24, 2.45) is 0 Å². The Hall–Kier alpha value is -3.42. The van der Waals surface area contributed by atoms with Crippen LogP contribution in [0.2, 0.25) is 0 Å². The maximum Gasteiger partial charge on any atom is 0.222 e. The van der Waals surface area contributed by atoms with Gasteiger partial charge in [-0.2, -0.15) is 0 Å². The van der Waals surface area contributed by atoms with Crippen LogP contribution in [0, 0.1) is 0 Å². The number of H-pyrrole nitrogens is 1. The van der Waals surface area contributed by atoms with Gasteiger partial charge < -0.3 is 19.7 Å². The summed E-state index contributed by atoms with van der Waals surface area (Å²) < 4.78 is 0. The maximum absolute atomic E-state index is 12.9. The van der Waals surface area contributed by atoms with Gasteiger partial charge in [-0.05, 0) is 30.9 Å². The molecule has 8 nitrogen and oxygen atoms in total. The molecule has 0 unspecified atom stereocenters. The zero-order valence-electron chi connectivity index (χ0n) is 19.8. The Morgan fingerprint density at radius 3 is 2.73 bits per heavy atom. The molecule has 0 saturated carbocycles. The van der Waals surface area contributed by atoms with Crippen molar-refractivity contribution >= 4 is 28.5 Å². The van der Waals surface area contributed by atoms with Crippen LogP contribution in [-0.4, -0.2) is 64.3 Å². The third-order valence-electron chi connectivity index (χ3n) is 6.30. The molecule has 2 aromatic heterocycles. The smallest absolute Gasteiger partial charge is 0.222 e. The van der Waals surface area contributed by atoms with E-state index in [9.17, 15) is 9.59 Å². The topological polar surface area (TPSA) is 85.4 Å². The molecule has 4 rings (SSSR count). The summed E-state index contributed by atoms with van der Waals surface area (Å²) in [4.78, 5) is 43.2. The molecule has 0 aliphatic carbocycles. The molecule has 3 aromatic rings. The maximum atomic E-state index is 12.9. The minimum absolute atomic E-state index is 0.0440. The quantitative estimate of drug-likeness (QED) is 0.599. The summed E-state index contributed by atoms with van der Waals surface area (Å²) in [5, 5.41) is 1.16. The van der Waals surface area contributed by atoms with E-state index < -0.39 is 0 Å². The number of nitrogens with zero attached hydrogens (tertiary/aromatic N) is 5. The Kier molecular flexibility index (Phi) is 6.62. The molecular weight excluding hydrogens is 416 g/mol. The van der Waals surface area contributed by atoms with Crippen LogP contribution in [-0.2, 0) is 22.6 Å². The molecule has 3 heterocycles. The summed E-state index contributed by atoms with van der Waals surface area (Å²) in [7, 11) is 5.68. The predicted octanol–water partition coefficient (Wildman–Crippen LogP) is 3.30. The number of para-hydroxylation sites is 1. The first-order chi connectivity index (χ1) is 15.8. The number of nitrogens with one attached hydrogen (secondary N) is 1.